The van der Waals surface area contributed by atoms with Crippen LogP contribution < -0.4 is 20.1 Å². The number of aliphatic hydroxyl groups is 2. The number of hydrogen-bond donors (Lipinski definition) is 6. The molecule has 6 N–H and O–H groups in total. The second-order valence-corrected chi connectivity index (χ2v) is 20.9. The first kappa shape index (κ1) is 65.4. The molecule has 83 heavy (non-hydrogen) atoms. The lowest BCUT2D eigenvalue weighted by atomic mass is 8.58. The number of nitrogens with one attached hydrogen (secondary N) is 4. The summed E-state index contributed by atoms with van der Waals surface area (Å²) in [4.78, 5) is 24.7. The first-order valence-corrected chi connectivity index (χ1v) is 27.7. The van der Waals surface area contributed by atoms with Crippen molar-refractivity contribution in [2.45, 2.75) is 12.2 Å². The van der Waals surface area contributed by atoms with Crippen molar-refractivity contribution in [2.24, 2.45) is 4.99 Å². The van der Waals surface area contributed by atoms with Crippen molar-refractivity contribution in [3.05, 3.63) is 251 Å². The first-order chi connectivity index (χ1) is 39.7. The van der Waals surface area contributed by atoms with E-state index in [0.717, 1.165) is 59.3 Å². The van der Waals surface area contributed by atoms with Gasteiger partial charge in [-0.25, -0.2) is 37.1 Å². The van der Waals surface area contributed by atoms with Gasteiger partial charge in [-0.3, -0.25) is 0 Å². The van der Waals surface area contributed by atoms with Gasteiger partial charge in [0.1, 0.15) is 24.9 Å². The highest BCUT2D eigenvalue weighted by atomic mass is 32.2. The number of anilines is 1. The standard InChI is InChI=1S/C28H24N4O3S.C17H19N5O4S.C10H4.B10/c1-29-36(34,35)32-18-26(30-19-32)28(33)24-14-8-13-20-15-16-23(17-25(20)24)31-27(21-9-4-2-5-10-21)22-11-6-3-7-12-22;1-18-17(24)21-12-7-6-11-4-3-5-13(14(11)8-12)16(23)15-9-22(10-20-15)27(25,26)19-2;1-3-5-7-9-10-8-6-4-2;1-7(2)10(8(3)4)9(5)6/h2-19,28-29,33H,1H3;3-10,16,19,23H,1-2H3,(H2,18,21,24);1-2H2;. The molecule has 2 heterocycles. The summed E-state index contributed by atoms with van der Waals surface area (Å²) < 4.78 is 54.1. The fourth-order valence-corrected chi connectivity index (χ4v) is 8.97. The Morgan fingerprint density at radius 3 is 1.40 bits per heavy atom. The third-order valence-electron chi connectivity index (χ3n) is 11.8. The van der Waals surface area contributed by atoms with E-state index in [2.05, 4.69) is 89.1 Å². The van der Waals surface area contributed by atoms with E-state index in [1.807, 2.05) is 103 Å². The molecule has 396 valence electrons. The van der Waals surface area contributed by atoms with Crippen molar-refractivity contribution < 1.29 is 31.8 Å². The quantitative estimate of drug-likeness (QED) is 0.0496. The van der Waals surface area contributed by atoms with Gasteiger partial charge in [0, 0.05) is 122 Å². The molecule has 0 spiro atoms. The van der Waals surface area contributed by atoms with E-state index >= 15 is 0 Å². The number of aromatic nitrogens is 4. The normalized spacial score (nSPS) is 11.0. The van der Waals surface area contributed by atoms with Crippen LogP contribution in [0, 0.1) is 0 Å². The SMILES string of the molecule is C=C=C=C=C=C=C=C=C=C.CNC(=O)Nc1ccc2cccc(C(O)c3cn(S(=O)(=O)NC)cn3)c2c1.CNS(=O)(=O)n1cnc(C(O)c2cccc3ccc(N=C(c4ccccc4)c4ccccc4)cc23)c1.[B]B([B])B(B([B])[B])B([B])[B]. The topological polar surface area (TPSA) is 222 Å². The Morgan fingerprint density at radius 2 is 1.00 bits per heavy atom. The lowest BCUT2D eigenvalue weighted by molar-refractivity contribution is 0.217. The maximum atomic E-state index is 12.1. The van der Waals surface area contributed by atoms with Gasteiger partial charge in [0.25, 0.3) is 0 Å². The maximum Gasteiger partial charge on any atom is 0.318 e. The van der Waals surface area contributed by atoms with Gasteiger partial charge in [0.05, 0.1) is 22.8 Å². The lowest BCUT2D eigenvalue weighted by Gasteiger charge is -2.23. The van der Waals surface area contributed by atoms with Crippen molar-refractivity contribution in [2.75, 3.05) is 26.5 Å². The molecule has 2 unspecified atom stereocenters. The molecule has 16 nitrogen and oxygen atoms in total. The number of fused-ring (bicyclic) bond motifs is 2. The number of nitrogens with zero attached hydrogens (tertiary/aromatic N) is 5. The van der Waals surface area contributed by atoms with Crippen LogP contribution in [0.5, 0.6) is 0 Å². The molecular weight excluding hydrogens is 1070 g/mol. The molecule has 0 saturated heterocycles. The number of carbonyl (C=O) groups is 1. The first-order valence-electron chi connectivity index (χ1n) is 24.8. The number of aliphatic hydroxyl groups excluding tert-OH is 2. The van der Waals surface area contributed by atoms with Crippen LogP contribution in [0.4, 0.5) is 16.2 Å². The minimum absolute atomic E-state index is 0.186. The Labute approximate surface area is 493 Å². The number of carbonyl (C=O) groups excluding carboxylic acids is 1. The molecule has 2 aromatic heterocycles. The van der Waals surface area contributed by atoms with E-state index in [1.165, 1.54) is 33.5 Å². The highest BCUT2D eigenvalue weighted by Crippen LogP contribution is 2.33. The third-order valence-corrected chi connectivity index (χ3v) is 14.4. The summed E-state index contributed by atoms with van der Waals surface area (Å²) in [5.41, 5.74) is 25.1. The van der Waals surface area contributed by atoms with E-state index < -0.39 is 58.2 Å². The molecule has 6 aromatic carbocycles. The zero-order valence-corrected chi connectivity index (χ0v) is 47.0. The van der Waals surface area contributed by atoms with Crippen LogP contribution >= 0.6 is 0 Å². The van der Waals surface area contributed by atoms with Crippen molar-refractivity contribution in [1.82, 2.24) is 32.7 Å². The van der Waals surface area contributed by atoms with Crippen LogP contribution in [-0.2, 0) is 20.4 Å². The summed E-state index contributed by atoms with van der Waals surface area (Å²) >= 11 is 0. The second kappa shape index (κ2) is 31.7. The van der Waals surface area contributed by atoms with Gasteiger partial charge >= 0.3 is 26.4 Å². The van der Waals surface area contributed by atoms with Gasteiger partial charge < -0.3 is 20.8 Å². The van der Waals surface area contributed by atoms with E-state index in [9.17, 15) is 31.8 Å². The van der Waals surface area contributed by atoms with Gasteiger partial charge in [0.2, 0.25) is 0 Å². The fourth-order valence-electron chi connectivity index (χ4n) is 7.72. The summed E-state index contributed by atoms with van der Waals surface area (Å²) in [5.74, 6) is 0. The molecule has 2 amide bonds. The molecule has 2 atom stereocenters. The van der Waals surface area contributed by atoms with Gasteiger partial charge in [-0.2, -0.15) is 16.8 Å². The van der Waals surface area contributed by atoms with Crippen molar-refractivity contribution in [1.29, 1.82) is 0 Å². The van der Waals surface area contributed by atoms with E-state index in [-0.39, 0.29) is 17.4 Å². The monoisotopic (exact) mass is 1120 g/mol. The molecular formula is C55H47B10N9O7S2. The Kier molecular flexibility index (Phi) is 25.0. The Bertz CT molecular complexity index is 4030. The summed E-state index contributed by atoms with van der Waals surface area (Å²) in [6.07, 6.45) is 0.134. The third kappa shape index (κ3) is 18.5. The van der Waals surface area contributed by atoms with Crippen molar-refractivity contribution >= 4 is 137 Å². The fraction of sp³-hybridized carbons (Fsp3) is 0.0909. The molecule has 8 aromatic rings. The van der Waals surface area contributed by atoms with E-state index in [4.69, 9.17) is 51.4 Å². The molecule has 0 bridgehead atoms. The smallest absolute Gasteiger partial charge is 0.318 e. The summed E-state index contributed by atoms with van der Waals surface area (Å²) in [5, 5.41) is 30.4. The van der Waals surface area contributed by atoms with Gasteiger partial charge in [-0.1, -0.05) is 121 Å². The average molecular weight is 1120 g/mol. The molecule has 0 aliphatic heterocycles. The van der Waals surface area contributed by atoms with Gasteiger partial charge in [-0.15, -0.1) is 0 Å². The second-order valence-electron chi connectivity index (χ2n) is 17.3. The van der Waals surface area contributed by atoms with Crippen LogP contribution in [0.1, 0.15) is 45.8 Å². The predicted octanol–water partition coefficient (Wildman–Crippen LogP) is 4.02. The molecule has 0 fully saturated rings. The Morgan fingerprint density at radius 1 is 0.578 bits per heavy atom. The number of aliphatic imine (C=N–C) groups is 1. The largest absolute Gasteiger partial charge is 0.382 e. The van der Waals surface area contributed by atoms with Gasteiger partial charge in [-0.05, 0) is 104 Å². The van der Waals surface area contributed by atoms with Crippen molar-refractivity contribution in [3.8, 4) is 0 Å². The zero-order chi connectivity index (χ0) is 60.7. The molecule has 28 heteroatoms. The zero-order valence-electron chi connectivity index (χ0n) is 45.3. The number of urea groups is 1. The minimum atomic E-state index is -3.73. The number of hydrogen-bond acceptors (Lipinski definition) is 10. The molecule has 0 saturated carbocycles. The van der Waals surface area contributed by atoms with Crippen LogP contribution in [0.3, 0.4) is 0 Å². The number of benzene rings is 6. The average Bonchev–Trinajstić information content (AvgIpc) is 4.44. The van der Waals surface area contributed by atoms with E-state index in [1.54, 1.807) is 30.3 Å². The number of imidazole rings is 2. The predicted molar refractivity (Wildman–Crippen MR) is 340 cm³/mol. The number of amides is 2. The Hall–Kier alpha value is -8.43. The molecule has 12 radical (unpaired) electrons. The van der Waals surface area contributed by atoms with Gasteiger partial charge in [0.15, 0.2) is 0 Å². The van der Waals surface area contributed by atoms with Crippen LogP contribution in [0.25, 0.3) is 21.5 Å². The Balaban J connectivity index is 0.000000234. The van der Waals surface area contributed by atoms with Crippen molar-refractivity contribution in [3.63, 3.8) is 0 Å². The summed E-state index contributed by atoms with van der Waals surface area (Å²) in [7, 11) is 28.4. The lowest BCUT2D eigenvalue weighted by Crippen LogP contribution is -2.62. The maximum absolute atomic E-state index is 12.1. The highest BCUT2D eigenvalue weighted by molar-refractivity contribution is 8.00. The van der Waals surface area contributed by atoms with Crippen LogP contribution in [-0.4, -0.2) is 150 Å². The highest BCUT2D eigenvalue weighted by Gasteiger charge is 2.25. The molecule has 8 rings (SSSR count). The minimum Gasteiger partial charge on any atom is -0.382 e. The molecule has 0 aliphatic rings. The van der Waals surface area contributed by atoms with Crippen LogP contribution in [0.15, 0.2) is 223 Å². The van der Waals surface area contributed by atoms with Crippen LogP contribution in [0.2, 0.25) is 0 Å². The summed E-state index contributed by atoms with van der Waals surface area (Å²) in [6, 6.07) is 41.8. The summed E-state index contributed by atoms with van der Waals surface area (Å²) in [6.45, 7) is 6.54. The van der Waals surface area contributed by atoms with E-state index in [0.29, 0.717) is 22.2 Å². The number of rotatable bonds is 15. The molecule has 0 aliphatic carbocycles.